The van der Waals surface area contributed by atoms with Crippen molar-refractivity contribution in [1.29, 1.82) is 0 Å². The number of anilines is 1. The lowest BCUT2D eigenvalue weighted by atomic mass is 10.1. The van der Waals surface area contributed by atoms with Gasteiger partial charge in [-0.25, -0.2) is 4.52 Å². The van der Waals surface area contributed by atoms with E-state index in [1.807, 2.05) is 31.2 Å². The molecule has 0 unspecified atom stereocenters. The molecule has 0 aliphatic heterocycles. The van der Waals surface area contributed by atoms with E-state index in [0.29, 0.717) is 22.5 Å². The molecule has 2 aromatic carbocycles. The molecule has 0 fully saturated rings. The average molecular weight is 440 g/mol. The number of carbonyl (C=O) groups excluding carboxylic acids is 1. The number of benzene rings is 2. The van der Waals surface area contributed by atoms with Gasteiger partial charge in [-0.15, -0.1) is 10.2 Å². The second kappa shape index (κ2) is 7.86. The van der Waals surface area contributed by atoms with Crippen LogP contribution in [0.5, 0.6) is 5.75 Å². The fourth-order valence-electron chi connectivity index (χ4n) is 3.86. The molecule has 5 aromatic rings. The summed E-state index contributed by atoms with van der Waals surface area (Å²) < 4.78 is 8.38. The maximum absolute atomic E-state index is 13.2. The van der Waals surface area contributed by atoms with Gasteiger partial charge in [-0.1, -0.05) is 12.1 Å². The zero-order valence-corrected chi connectivity index (χ0v) is 18.2. The number of aromatic nitrogens is 5. The Morgan fingerprint density at radius 1 is 1.00 bits per heavy atom. The molecule has 0 spiro atoms. The molecule has 0 aliphatic rings. The summed E-state index contributed by atoms with van der Waals surface area (Å²) in [6.45, 7) is 3.34. The van der Waals surface area contributed by atoms with E-state index in [1.165, 1.54) is 11.5 Å². The van der Waals surface area contributed by atoms with Gasteiger partial charge in [0, 0.05) is 24.5 Å². The number of hydrogen-bond donors (Lipinski definition) is 1. The number of carbonyl (C=O) groups is 1. The fourth-order valence-corrected chi connectivity index (χ4v) is 3.86. The van der Waals surface area contributed by atoms with E-state index in [-0.39, 0.29) is 17.0 Å². The van der Waals surface area contributed by atoms with Crippen molar-refractivity contribution in [3.05, 3.63) is 76.8 Å². The molecular formula is C24H20N6O3. The third-order valence-electron chi connectivity index (χ3n) is 5.40. The van der Waals surface area contributed by atoms with Crippen molar-refractivity contribution in [1.82, 2.24) is 24.4 Å². The largest absolute Gasteiger partial charge is 0.497 e. The molecule has 33 heavy (non-hydrogen) atoms. The molecule has 3 heterocycles. The van der Waals surface area contributed by atoms with E-state index in [4.69, 9.17) is 4.74 Å². The normalized spacial score (nSPS) is 11.1. The molecule has 0 saturated heterocycles. The van der Waals surface area contributed by atoms with Gasteiger partial charge < -0.3 is 10.1 Å². The summed E-state index contributed by atoms with van der Waals surface area (Å²) in [5.74, 6) is 0.600. The quantitative estimate of drug-likeness (QED) is 0.460. The van der Waals surface area contributed by atoms with E-state index in [9.17, 15) is 9.59 Å². The minimum absolute atomic E-state index is 0.159. The Kier molecular flexibility index (Phi) is 4.86. The topological polar surface area (TPSA) is 103 Å². The van der Waals surface area contributed by atoms with Gasteiger partial charge in [-0.3, -0.25) is 14.2 Å². The van der Waals surface area contributed by atoms with Crippen LogP contribution >= 0.6 is 0 Å². The number of nitrogens with zero attached hydrogens (tertiary/aromatic N) is 5. The number of pyridine rings is 1. The van der Waals surface area contributed by atoms with Crippen molar-refractivity contribution in [2.45, 2.75) is 13.8 Å². The Morgan fingerprint density at radius 3 is 2.39 bits per heavy atom. The highest BCUT2D eigenvalue weighted by Gasteiger charge is 2.18. The van der Waals surface area contributed by atoms with Crippen LogP contribution in [0, 0.1) is 6.92 Å². The second-order valence-corrected chi connectivity index (χ2v) is 7.58. The standard InChI is InChI=1S/C24H20N6O3/c1-14-21(16-4-10-19(33-3)11-5-16)23-27-26-22-20(30(23)28-14)12-13-29(24(22)32)18-8-6-17(7-9-18)25-15(2)31/h4-13H,1-3H3,(H,25,31). The van der Waals surface area contributed by atoms with Gasteiger partial charge in [0.15, 0.2) is 11.2 Å². The van der Waals surface area contributed by atoms with E-state index < -0.39 is 0 Å². The van der Waals surface area contributed by atoms with Crippen molar-refractivity contribution >= 4 is 28.3 Å². The van der Waals surface area contributed by atoms with Gasteiger partial charge in [0.05, 0.1) is 18.4 Å². The third kappa shape index (κ3) is 3.49. The number of aryl methyl sites for hydroxylation is 1. The van der Waals surface area contributed by atoms with Crippen LogP contribution in [-0.2, 0) is 4.79 Å². The van der Waals surface area contributed by atoms with E-state index >= 15 is 0 Å². The SMILES string of the molecule is COc1ccc(-c2c(C)nn3c2nnc2c(=O)n(-c4ccc(NC(C)=O)cc4)ccc23)cc1. The van der Waals surface area contributed by atoms with Crippen LogP contribution < -0.4 is 15.6 Å². The van der Waals surface area contributed by atoms with Crippen molar-refractivity contribution < 1.29 is 9.53 Å². The third-order valence-corrected chi connectivity index (χ3v) is 5.40. The van der Waals surface area contributed by atoms with Gasteiger partial charge in [-0.2, -0.15) is 5.10 Å². The van der Waals surface area contributed by atoms with Gasteiger partial charge >= 0.3 is 0 Å². The van der Waals surface area contributed by atoms with Crippen molar-refractivity contribution in [2.24, 2.45) is 0 Å². The van der Waals surface area contributed by atoms with Crippen LogP contribution in [0.4, 0.5) is 5.69 Å². The number of amides is 1. The number of rotatable bonds is 4. The molecule has 0 saturated carbocycles. The number of fused-ring (bicyclic) bond motifs is 3. The summed E-state index contributed by atoms with van der Waals surface area (Å²) >= 11 is 0. The van der Waals surface area contributed by atoms with Crippen LogP contribution in [0.3, 0.4) is 0 Å². The number of ether oxygens (including phenoxy) is 1. The maximum atomic E-state index is 13.2. The smallest absolute Gasteiger partial charge is 0.285 e. The molecule has 1 N–H and O–H groups in total. The summed E-state index contributed by atoms with van der Waals surface area (Å²) in [6, 6.07) is 16.4. The molecule has 0 bridgehead atoms. The van der Waals surface area contributed by atoms with Gasteiger partial charge in [-0.05, 0) is 55.0 Å². The number of nitrogens with one attached hydrogen (secondary N) is 1. The molecular weight excluding hydrogens is 420 g/mol. The van der Waals surface area contributed by atoms with Crippen molar-refractivity contribution in [3.8, 4) is 22.6 Å². The first kappa shape index (κ1) is 20.4. The Hall–Kier alpha value is -4.53. The van der Waals surface area contributed by atoms with Crippen LogP contribution in [0.15, 0.2) is 65.6 Å². The van der Waals surface area contributed by atoms with Crippen molar-refractivity contribution in [2.75, 3.05) is 12.4 Å². The summed E-state index contributed by atoms with van der Waals surface area (Å²) in [4.78, 5) is 24.4. The lowest BCUT2D eigenvalue weighted by Crippen LogP contribution is -2.20. The minimum Gasteiger partial charge on any atom is -0.497 e. The highest BCUT2D eigenvalue weighted by molar-refractivity contribution is 5.88. The molecule has 1 amide bonds. The molecule has 5 rings (SSSR count). The molecule has 164 valence electrons. The predicted octanol–water partition coefficient (Wildman–Crippen LogP) is 3.37. The second-order valence-electron chi connectivity index (χ2n) is 7.58. The number of methoxy groups -OCH3 is 1. The van der Waals surface area contributed by atoms with Crippen LogP contribution in [0.25, 0.3) is 33.5 Å². The molecule has 0 atom stereocenters. The highest BCUT2D eigenvalue weighted by atomic mass is 16.5. The van der Waals surface area contributed by atoms with Gasteiger partial charge in [0.1, 0.15) is 11.3 Å². The Balaban J connectivity index is 1.62. The first-order valence-corrected chi connectivity index (χ1v) is 10.3. The van der Waals surface area contributed by atoms with Gasteiger partial charge in [0.25, 0.3) is 5.56 Å². The number of hydrogen-bond acceptors (Lipinski definition) is 6. The van der Waals surface area contributed by atoms with Crippen LogP contribution in [0.1, 0.15) is 12.6 Å². The van der Waals surface area contributed by atoms with Crippen LogP contribution in [0.2, 0.25) is 0 Å². The zero-order chi connectivity index (χ0) is 23.1. The predicted molar refractivity (Wildman–Crippen MR) is 125 cm³/mol. The molecule has 9 heteroatoms. The summed E-state index contributed by atoms with van der Waals surface area (Å²) in [6.07, 6.45) is 1.68. The zero-order valence-electron chi connectivity index (χ0n) is 18.2. The summed E-state index contributed by atoms with van der Waals surface area (Å²) in [5.41, 5.74) is 4.90. The van der Waals surface area contributed by atoms with Crippen molar-refractivity contribution in [3.63, 3.8) is 0 Å². The highest BCUT2D eigenvalue weighted by Crippen LogP contribution is 2.29. The Bertz CT molecular complexity index is 1570. The van der Waals surface area contributed by atoms with E-state index in [1.54, 1.807) is 48.2 Å². The molecule has 0 radical (unpaired) electrons. The minimum atomic E-state index is -0.312. The van der Waals surface area contributed by atoms with E-state index in [2.05, 4.69) is 20.6 Å². The molecule has 3 aromatic heterocycles. The lowest BCUT2D eigenvalue weighted by Gasteiger charge is -2.09. The Labute approximate surface area is 188 Å². The summed E-state index contributed by atoms with van der Waals surface area (Å²) in [7, 11) is 1.62. The molecule has 9 nitrogen and oxygen atoms in total. The first-order valence-electron chi connectivity index (χ1n) is 10.3. The average Bonchev–Trinajstić information content (AvgIpc) is 3.16. The lowest BCUT2D eigenvalue weighted by molar-refractivity contribution is -0.114. The summed E-state index contributed by atoms with van der Waals surface area (Å²) in [5, 5.41) is 16.0. The maximum Gasteiger partial charge on any atom is 0.285 e. The Morgan fingerprint density at radius 2 is 1.73 bits per heavy atom. The molecule has 0 aliphatic carbocycles. The van der Waals surface area contributed by atoms with E-state index in [0.717, 1.165) is 22.6 Å². The van der Waals surface area contributed by atoms with Gasteiger partial charge in [0.2, 0.25) is 5.91 Å². The monoisotopic (exact) mass is 440 g/mol. The fraction of sp³-hybridized carbons (Fsp3) is 0.125. The van der Waals surface area contributed by atoms with Crippen LogP contribution in [-0.4, -0.2) is 37.4 Å². The first-order chi connectivity index (χ1) is 16.0.